The van der Waals surface area contributed by atoms with Crippen molar-refractivity contribution in [3.63, 3.8) is 0 Å². The lowest BCUT2D eigenvalue weighted by molar-refractivity contribution is 0.291. The van der Waals surface area contributed by atoms with Crippen LogP contribution in [-0.2, 0) is 0 Å². The third-order valence-electron chi connectivity index (χ3n) is 5.46. The Labute approximate surface area is 131 Å². The van der Waals surface area contributed by atoms with Crippen molar-refractivity contribution >= 4 is 15.9 Å². The van der Waals surface area contributed by atoms with Crippen LogP contribution in [0.25, 0.3) is 0 Å². The summed E-state index contributed by atoms with van der Waals surface area (Å²) in [6.45, 7) is 4.39. The van der Waals surface area contributed by atoms with Crippen LogP contribution in [0.1, 0.15) is 50.5 Å². The number of likely N-dealkylation sites (N-methyl/N-ethyl adjacent to an activating group) is 1. The summed E-state index contributed by atoms with van der Waals surface area (Å²) < 4.78 is 1.28. The molecule has 1 aromatic rings. The van der Waals surface area contributed by atoms with E-state index in [0.717, 1.165) is 30.8 Å². The van der Waals surface area contributed by atoms with Gasteiger partial charge >= 0.3 is 0 Å². The smallest absolute Gasteiger partial charge is 0.0210 e. The molecule has 110 valence electrons. The van der Waals surface area contributed by atoms with Gasteiger partial charge in [0, 0.05) is 11.0 Å². The van der Waals surface area contributed by atoms with Gasteiger partial charge in [0.1, 0.15) is 0 Å². The second-order valence-electron chi connectivity index (χ2n) is 6.70. The van der Waals surface area contributed by atoms with E-state index in [2.05, 4.69) is 52.4 Å². The molecule has 0 aromatic heterocycles. The standard InChI is InChI=1S/C18H26BrN/c1-2-20-12-16(17-5-3-4-6-18(17)19)11-15-10-13-7-8-14(15)9-13/h3-6,13-16,20H,2,7-12H2,1H3. The topological polar surface area (TPSA) is 12.0 Å². The molecule has 2 bridgehead atoms. The van der Waals surface area contributed by atoms with E-state index < -0.39 is 0 Å². The fourth-order valence-electron chi connectivity index (χ4n) is 4.48. The van der Waals surface area contributed by atoms with Crippen molar-refractivity contribution in [2.24, 2.45) is 17.8 Å². The molecular formula is C18H26BrN. The molecule has 1 aromatic carbocycles. The first-order valence-electron chi connectivity index (χ1n) is 8.23. The predicted molar refractivity (Wildman–Crippen MR) is 89.0 cm³/mol. The summed E-state index contributed by atoms with van der Waals surface area (Å²) in [4.78, 5) is 0. The molecule has 20 heavy (non-hydrogen) atoms. The zero-order chi connectivity index (χ0) is 13.9. The Kier molecular flexibility index (Phi) is 4.83. The maximum absolute atomic E-state index is 3.75. The molecule has 0 spiro atoms. The monoisotopic (exact) mass is 335 g/mol. The minimum atomic E-state index is 0.662. The lowest BCUT2D eigenvalue weighted by Gasteiger charge is -2.28. The quantitative estimate of drug-likeness (QED) is 0.773. The van der Waals surface area contributed by atoms with E-state index in [4.69, 9.17) is 0 Å². The van der Waals surface area contributed by atoms with Crippen molar-refractivity contribution < 1.29 is 0 Å². The van der Waals surface area contributed by atoms with Crippen LogP contribution in [0.3, 0.4) is 0 Å². The van der Waals surface area contributed by atoms with E-state index >= 15 is 0 Å². The maximum atomic E-state index is 3.75. The van der Waals surface area contributed by atoms with Gasteiger partial charge in [0.2, 0.25) is 0 Å². The Bertz CT molecular complexity index is 445. The van der Waals surface area contributed by atoms with Crippen molar-refractivity contribution in [2.45, 2.75) is 44.9 Å². The maximum Gasteiger partial charge on any atom is 0.0210 e. The highest BCUT2D eigenvalue weighted by Crippen LogP contribution is 2.51. The average molecular weight is 336 g/mol. The molecule has 0 radical (unpaired) electrons. The second kappa shape index (κ2) is 6.62. The van der Waals surface area contributed by atoms with E-state index in [-0.39, 0.29) is 0 Å². The minimum absolute atomic E-state index is 0.662. The van der Waals surface area contributed by atoms with Gasteiger partial charge in [-0.25, -0.2) is 0 Å². The first-order valence-corrected chi connectivity index (χ1v) is 9.02. The molecule has 1 N–H and O–H groups in total. The van der Waals surface area contributed by atoms with Crippen LogP contribution in [-0.4, -0.2) is 13.1 Å². The molecule has 2 heteroatoms. The summed E-state index contributed by atoms with van der Waals surface area (Å²) in [5, 5.41) is 3.57. The lowest BCUT2D eigenvalue weighted by atomic mass is 9.80. The van der Waals surface area contributed by atoms with Crippen LogP contribution >= 0.6 is 15.9 Å². The first-order chi connectivity index (χ1) is 9.78. The Hall–Kier alpha value is -0.340. The van der Waals surface area contributed by atoms with Gasteiger partial charge < -0.3 is 5.32 Å². The Morgan fingerprint density at radius 1 is 1.25 bits per heavy atom. The number of hydrogen-bond acceptors (Lipinski definition) is 1. The largest absolute Gasteiger partial charge is 0.316 e. The van der Waals surface area contributed by atoms with Crippen molar-refractivity contribution in [2.75, 3.05) is 13.1 Å². The van der Waals surface area contributed by atoms with E-state index in [1.807, 2.05) is 0 Å². The predicted octanol–water partition coefficient (Wildman–Crippen LogP) is 4.97. The average Bonchev–Trinajstić information content (AvgIpc) is 3.06. The molecule has 4 atom stereocenters. The molecule has 0 amide bonds. The highest BCUT2D eigenvalue weighted by Gasteiger charge is 2.40. The second-order valence-corrected chi connectivity index (χ2v) is 7.55. The van der Waals surface area contributed by atoms with Crippen LogP contribution < -0.4 is 5.32 Å². The number of halogens is 1. The number of rotatable bonds is 6. The van der Waals surface area contributed by atoms with E-state index in [1.54, 1.807) is 0 Å². The number of fused-ring (bicyclic) bond motifs is 2. The van der Waals surface area contributed by atoms with E-state index in [0.29, 0.717) is 5.92 Å². The van der Waals surface area contributed by atoms with Crippen LogP contribution in [0.4, 0.5) is 0 Å². The number of hydrogen-bond donors (Lipinski definition) is 1. The molecule has 4 unspecified atom stereocenters. The molecule has 3 rings (SSSR count). The van der Waals surface area contributed by atoms with Gasteiger partial charge in [-0.1, -0.05) is 47.5 Å². The van der Waals surface area contributed by atoms with Gasteiger partial charge in [-0.15, -0.1) is 0 Å². The summed E-state index contributed by atoms with van der Waals surface area (Å²) >= 11 is 3.75. The molecule has 2 aliphatic carbocycles. The first kappa shape index (κ1) is 14.6. The molecule has 1 nitrogen and oxygen atoms in total. The summed E-state index contributed by atoms with van der Waals surface area (Å²) in [5.74, 6) is 3.73. The fraction of sp³-hybridized carbons (Fsp3) is 0.667. The highest BCUT2D eigenvalue weighted by atomic mass is 79.9. The van der Waals surface area contributed by atoms with Gasteiger partial charge in [0.25, 0.3) is 0 Å². The van der Waals surface area contributed by atoms with Crippen LogP contribution in [0.2, 0.25) is 0 Å². The van der Waals surface area contributed by atoms with Crippen molar-refractivity contribution in [1.82, 2.24) is 5.32 Å². The summed E-state index contributed by atoms with van der Waals surface area (Å²) in [6.07, 6.45) is 7.40. The van der Waals surface area contributed by atoms with Crippen LogP contribution in [0.15, 0.2) is 28.7 Å². The van der Waals surface area contributed by atoms with Crippen molar-refractivity contribution in [1.29, 1.82) is 0 Å². The van der Waals surface area contributed by atoms with E-state index in [1.165, 1.54) is 42.1 Å². The van der Waals surface area contributed by atoms with Gasteiger partial charge in [-0.05, 0) is 67.5 Å². The molecule has 0 aliphatic heterocycles. The third kappa shape index (κ3) is 3.12. The van der Waals surface area contributed by atoms with Crippen LogP contribution in [0, 0.1) is 17.8 Å². The zero-order valence-corrected chi connectivity index (χ0v) is 14.0. The minimum Gasteiger partial charge on any atom is -0.316 e. The molecule has 0 heterocycles. The Morgan fingerprint density at radius 2 is 2.10 bits per heavy atom. The van der Waals surface area contributed by atoms with Gasteiger partial charge in [0.05, 0.1) is 0 Å². The summed E-state index contributed by atoms with van der Waals surface area (Å²) in [7, 11) is 0. The van der Waals surface area contributed by atoms with Crippen molar-refractivity contribution in [3.05, 3.63) is 34.3 Å². The normalized spacial score (nSPS) is 29.8. The molecule has 2 saturated carbocycles. The summed E-state index contributed by atoms with van der Waals surface area (Å²) in [5.41, 5.74) is 1.50. The van der Waals surface area contributed by atoms with Gasteiger partial charge in [0.15, 0.2) is 0 Å². The number of benzene rings is 1. The Morgan fingerprint density at radius 3 is 2.75 bits per heavy atom. The number of nitrogens with one attached hydrogen (secondary N) is 1. The Balaban J connectivity index is 1.71. The third-order valence-corrected chi connectivity index (χ3v) is 6.18. The van der Waals surface area contributed by atoms with Gasteiger partial charge in [-0.3, -0.25) is 0 Å². The fourth-order valence-corrected chi connectivity index (χ4v) is 5.08. The molecule has 0 saturated heterocycles. The SMILES string of the molecule is CCNCC(CC1CC2CCC1C2)c1ccccc1Br. The van der Waals surface area contributed by atoms with Crippen LogP contribution in [0.5, 0.6) is 0 Å². The lowest BCUT2D eigenvalue weighted by Crippen LogP contribution is -2.24. The zero-order valence-electron chi connectivity index (χ0n) is 12.4. The van der Waals surface area contributed by atoms with E-state index in [9.17, 15) is 0 Å². The molecular weight excluding hydrogens is 310 g/mol. The van der Waals surface area contributed by atoms with Crippen molar-refractivity contribution in [3.8, 4) is 0 Å². The molecule has 2 aliphatic rings. The molecule has 2 fully saturated rings. The van der Waals surface area contributed by atoms with Gasteiger partial charge in [-0.2, -0.15) is 0 Å². The highest BCUT2D eigenvalue weighted by molar-refractivity contribution is 9.10. The summed E-state index contributed by atoms with van der Waals surface area (Å²) in [6, 6.07) is 8.80.